The maximum atomic E-state index is 5.84. The molecule has 0 amide bonds. The molecular weight excluding hydrogens is 138 g/mol. The zero-order valence-electron chi connectivity index (χ0n) is 7.16. The summed E-state index contributed by atoms with van der Waals surface area (Å²) < 4.78 is 0. The van der Waals surface area contributed by atoms with Crippen molar-refractivity contribution in [1.82, 2.24) is 9.91 Å². The van der Waals surface area contributed by atoms with Crippen molar-refractivity contribution in [3.63, 3.8) is 0 Å². The summed E-state index contributed by atoms with van der Waals surface area (Å²) in [7, 11) is 0. The maximum Gasteiger partial charge on any atom is 0.0340 e. The van der Waals surface area contributed by atoms with Gasteiger partial charge in [-0.2, -0.15) is 0 Å². The van der Waals surface area contributed by atoms with Gasteiger partial charge in [0.15, 0.2) is 0 Å². The fraction of sp³-hybridized carbons (Fsp3) is 1.00. The molecule has 0 saturated carbocycles. The summed E-state index contributed by atoms with van der Waals surface area (Å²) in [5, 5.41) is 1.99. The van der Waals surface area contributed by atoms with E-state index in [4.69, 9.17) is 5.84 Å². The average molecular weight is 155 g/mol. The van der Waals surface area contributed by atoms with Gasteiger partial charge in [0.05, 0.1) is 0 Å². The Labute approximate surface area is 68.1 Å². The quantitative estimate of drug-likeness (QED) is 0.501. The van der Waals surface area contributed by atoms with E-state index in [1.165, 1.54) is 25.9 Å². The molecule has 2 aliphatic heterocycles. The van der Waals surface area contributed by atoms with Crippen LogP contribution in [0.4, 0.5) is 0 Å². The van der Waals surface area contributed by atoms with Crippen LogP contribution < -0.4 is 5.84 Å². The molecule has 0 aromatic heterocycles. The molecule has 2 N–H and O–H groups in total. The molecule has 0 aliphatic carbocycles. The Bertz CT molecular complexity index is 132. The summed E-state index contributed by atoms with van der Waals surface area (Å²) in [6.45, 7) is 5.74. The van der Waals surface area contributed by atoms with Gasteiger partial charge in [0.1, 0.15) is 0 Å². The predicted octanol–water partition coefficient (Wildman–Crippen LogP) is 0.0286. The highest BCUT2D eigenvalue weighted by Crippen LogP contribution is 2.22. The van der Waals surface area contributed by atoms with Crippen LogP contribution in [0.2, 0.25) is 0 Å². The number of hydrogen-bond acceptors (Lipinski definition) is 3. The lowest BCUT2D eigenvalue weighted by atomic mass is 10.1. The molecule has 0 aromatic rings. The van der Waals surface area contributed by atoms with Crippen LogP contribution >= 0.6 is 0 Å². The topological polar surface area (TPSA) is 32.5 Å². The van der Waals surface area contributed by atoms with Crippen molar-refractivity contribution in [2.75, 3.05) is 19.6 Å². The monoisotopic (exact) mass is 155 g/mol. The third kappa shape index (κ3) is 1.28. The SMILES string of the molecule is CC1CN2CCCC2CN1N. The summed E-state index contributed by atoms with van der Waals surface area (Å²) in [6.07, 6.45) is 2.71. The summed E-state index contributed by atoms with van der Waals surface area (Å²) in [5.74, 6) is 5.84. The Morgan fingerprint density at radius 3 is 3.00 bits per heavy atom. The number of rotatable bonds is 0. The molecule has 2 rings (SSSR count). The van der Waals surface area contributed by atoms with Crippen LogP contribution in [-0.4, -0.2) is 41.6 Å². The molecule has 0 bridgehead atoms. The van der Waals surface area contributed by atoms with Crippen LogP contribution in [0.15, 0.2) is 0 Å². The van der Waals surface area contributed by atoms with Crippen LogP contribution in [-0.2, 0) is 0 Å². The Kier molecular flexibility index (Phi) is 1.87. The lowest BCUT2D eigenvalue weighted by Crippen LogP contribution is -2.57. The van der Waals surface area contributed by atoms with Gasteiger partial charge >= 0.3 is 0 Å². The third-order valence-electron chi connectivity index (χ3n) is 2.99. The van der Waals surface area contributed by atoms with E-state index in [-0.39, 0.29) is 0 Å². The molecule has 2 aliphatic rings. The summed E-state index contributed by atoms with van der Waals surface area (Å²) in [5.41, 5.74) is 0. The Hall–Kier alpha value is -0.120. The maximum absolute atomic E-state index is 5.84. The van der Waals surface area contributed by atoms with E-state index in [1.807, 2.05) is 5.01 Å². The normalized spacial score (nSPS) is 40.9. The first-order valence-corrected chi connectivity index (χ1v) is 4.53. The summed E-state index contributed by atoms with van der Waals surface area (Å²) >= 11 is 0. The van der Waals surface area contributed by atoms with Gasteiger partial charge in [-0.1, -0.05) is 0 Å². The summed E-state index contributed by atoms with van der Waals surface area (Å²) in [4.78, 5) is 2.58. The first-order chi connectivity index (χ1) is 5.27. The summed E-state index contributed by atoms with van der Waals surface area (Å²) in [6, 6.07) is 1.31. The van der Waals surface area contributed by atoms with Crippen molar-refractivity contribution >= 4 is 0 Å². The minimum absolute atomic E-state index is 0.546. The largest absolute Gasteiger partial charge is 0.297 e. The number of piperazine rings is 1. The van der Waals surface area contributed by atoms with Crippen molar-refractivity contribution in [2.24, 2.45) is 5.84 Å². The molecular formula is C8H17N3. The van der Waals surface area contributed by atoms with Crippen LogP contribution in [0.25, 0.3) is 0 Å². The number of fused-ring (bicyclic) bond motifs is 1. The molecule has 2 fully saturated rings. The highest BCUT2D eigenvalue weighted by Gasteiger charge is 2.32. The van der Waals surface area contributed by atoms with Crippen molar-refractivity contribution in [1.29, 1.82) is 0 Å². The van der Waals surface area contributed by atoms with Gasteiger partial charge in [0, 0.05) is 25.2 Å². The van der Waals surface area contributed by atoms with Gasteiger partial charge < -0.3 is 0 Å². The number of nitrogens with two attached hydrogens (primary N) is 1. The first kappa shape index (κ1) is 7.53. The van der Waals surface area contributed by atoms with Crippen LogP contribution in [0, 0.1) is 0 Å². The van der Waals surface area contributed by atoms with Crippen molar-refractivity contribution in [2.45, 2.75) is 31.8 Å². The molecule has 11 heavy (non-hydrogen) atoms. The van der Waals surface area contributed by atoms with E-state index in [2.05, 4.69) is 11.8 Å². The first-order valence-electron chi connectivity index (χ1n) is 4.53. The molecule has 2 unspecified atom stereocenters. The van der Waals surface area contributed by atoms with E-state index in [1.54, 1.807) is 0 Å². The minimum Gasteiger partial charge on any atom is -0.297 e. The van der Waals surface area contributed by atoms with Crippen molar-refractivity contribution in [3.8, 4) is 0 Å². The molecule has 2 saturated heterocycles. The van der Waals surface area contributed by atoms with E-state index >= 15 is 0 Å². The predicted molar refractivity (Wildman–Crippen MR) is 45.0 cm³/mol. The van der Waals surface area contributed by atoms with E-state index in [0.29, 0.717) is 6.04 Å². The highest BCUT2D eigenvalue weighted by molar-refractivity contribution is 4.88. The molecule has 3 nitrogen and oxygen atoms in total. The average Bonchev–Trinajstić information content (AvgIpc) is 2.36. The molecule has 64 valence electrons. The zero-order valence-corrected chi connectivity index (χ0v) is 7.16. The molecule has 0 spiro atoms. The highest BCUT2D eigenvalue weighted by atomic mass is 15.5. The fourth-order valence-electron chi connectivity index (χ4n) is 2.21. The molecule has 2 atom stereocenters. The third-order valence-corrected chi connectivity index (χ3v) is 2.99. The lowest BCUT2D eigenvalue weighted by molar-refractivity contribution is 0.0597. The molecule has 2 heterocycles. The van der Waals surface area contributed by atoms with Crippen molar-refractivity contribution in [3.05, 3.63) is 0 Å². The number of hydrogen-bond donors (Lipinski definition) is 1. The lowest BCUT2D eigenvalue weighted by Gasteiger charge is -2.39. The van der Waals surface area contributed by atoms with Crippen LogP contribution in [0.1, 0.15) is 19.8 Å². The molecule has 0 radical (unpaired) electrons. The Balaban J connectivity index is 2.00. The van der Waals surface area contributed by atoms with Crippen LogP contribution in [0.5, 0.6) is 0 Å². The van der Waals surface area contributed by atoms with Gasteiger partial charge in [-0.3, -0.25) is 10.7 Å². The standard InChI is InChI=1S/C8H17N3/c1-7-5-10-4-2-3-8(10)6-11(7)9/h7-8H,2-6,9H2,1H3. The molecule has 3 heteroatoms. The van der Waals surface area contributed by atoms with E-state index < -0.39 is 0 Å². The Morgan fingerprint density at radius 1 is 1.36 bits per heavy atom. The van der Waals surface area contributed by atoms with Gasteiger partial charge in [-0.25, -0.2) is 5.01 Å². The number of nitrogens with zero attached hydrogens (tertiary/aromatic N) is 2. The smallest absolute Gasteiger partial charge is 0.0340 e. The van der Waals surface area contributed by atoms with Gasteiger partial charge in [0.2, 0.25) is 0 Å². The Morgan fingerprint density at radius 2 is 2.18 bits per heavy atom. The fourth-order valence-corrected chi connectivity index (χ4v) is 2.21. The van der Waals surface area contributed by atoms with Gasteiger partial charge in [-0.05, 0) is 26.3 Å². The second-order valence-electron chi connectivity index (χ2n) is 3.84. The zero-order chi connectivity index (χ0) is 7.84. The molecule has 0 aromatic carbocycles. The van der Waals surface area contributed by atoms with E-state index in [0.717, 1.165) is 12.6 Å². The van der Waals surface area contributed by atoms with E-state index in [9.17, 15) is 0 Å². The minimum atomic E-state index is 0.546. The van der Waals surface area contributed by atoms with Crippen LogP contribution in [0.3, 0.4) is 0 Å². The second kappa shape index (κ2) is 2.73. The van der Waals surface area contributed by atoms with Gasteiger partial charge in [0.25, 0.3) is 0 Å². The van der Waals surface area contributed by atoms with Crippen molar-refractivity contribution < 1.29 is 0 Å². The van der Waals surface area contributed by atoms with Gasteiger partial charge in [-0.15, -0.1) is 0 Å². The second-order valence-corrected chi connectivity index (χ2v) is 3.84. The number of hydrazine groups is 1.